The highest BCUT2D eigenvalue weighted by Crippen LogP contribution is 2.26. The van der Waals surface area contributed by atoms with E-state index in [-0.39, 0.29) is 0 Å². The van der Waals surface area contributed by atoms with Gasteiger partial charge in [0.25, 0.3) is 0 Å². The summed E-state index contributed by atoms with van der Waals surface area (Å²) in [5, 5.41) is 0.810. The lowest BCUT2D eigenvalue weighted by atomic mass is 10.0. The Hall–Kier alpha value is -0.990. The highest BCUT2D eigenvalue weighted by atomic mass is 79.9. The average molecular weight is 366 g/mol. The Kier molecular flexibility index (Phi) is 4.87. The van der Waals surface area contributed by atoms with E-state index in [0.29, 0.717) is 6.10 Å². The maximum absolute atomic E-state index is 6.25. The van der Waals surface area contributed by atoms with Crippen molar-refractivity contribution in [3.8, 4) is 5.75 Å². The first-order chi connectivity index (χ1) is 10.2. The molecular formula is C18H18BrClO. The van der Waals surface area contributed by atoms with Gasteiger partial charge in [0.15, 0.2) is 0 Å². The molecule has 1 aliphatic carbocycles. The summed E-state index contributed by atoms with van der Waals surface area (Å²) in [6, 6.07) is 14.4. The van der Waals surface area contributed by atoms with Crippen LogP contribution in [-0.4, -0.2) is 6.10 Å². The fourth-order valence-electron chi connectivity index (χ4n) is 2.78. The van der Waals surface area contributed by atoms with Crippen LogP contribution >= 0.6 is 27.5 Å². The van der Waals surface area contributed by atoms with Crippen LogP contribution in [0.4, 0.5) is 0 Å². The van der Waals surface area contributed by atoms with E-state index in [1.807, 2.05) is 12.1 Å². The first kappa shape index (κ1) is 14.9. The van der Waals surface area contributed by atoms with E-state index in [0.717, 1.165) is 27.2 Å². The van der Waals surface area contributed by atoms with Crippen LogP contribution in [0.5, 0.6) is 5.75 Å². The molecule has 1 saturated carbocycles. The maximum Gasteiger partial charge on any atom is 0.119 e. The molecule has 0 bridgehead atoms. The maximum atomic E-state index is 6.25. The second kappa shape index (κ2) is 6.85. The van der Waals surface area contributed by atoms with Crippen molar-refractivity contribution >= 4 is 27.5 Å². The molecule has 3 heteroatoms. The number of rotatable bonds is 4. The third-order valence-corrected chi connectivity index (χ3v) is 4.79. The van der Waals surface area contributed by atoms with Gasteiger partial charge in [-0.25, -0.2) is 0 Å². The highest BCUT2D eigenvalue weighted by molar-refractivity contribution is 9.10. The normalized spacial score (nSPS) is 15.3. The van der Waals surface area contributed by atoms with Crippen molar-refractivity contribution in [2.45, 2.75) is 38.2 Å². The van der Waals surface area contributed by atoms with E-state index < -0.39 is 0 Å². The van der Waals surface area contributed by atoms with E-state index in [2.05, 4.69) is 46.3 Å². The molecule has 3 rings (SSSR count). The van der Waals surface area contributed by atoms with Crippen LogP contribution < -0.4 is 4.74 Å². The van der Waals surface area contributed by atoms with Crippen LogP contribution in [0.15, 0.2) is 46.9 Å². The van der Waals surface area contributed by atoms with E-state index in [1.165, 1.54) is 31.2 Å². The van der Waals surface area contributed by atoms with Gasteiger partial charge in [0.05, 0.1) is 6.10 Å². The summed E-state index contributed by atoms with van der Waals surface area (Å²) in [4.78, 5) is 0. The second-order valence-electron chi connectivity index (χ2n) is 5.58. The van der Waals surface area contributed by atoms with Crippen molar-refractivity contribution in [1.82, 2.24) is 0 Å². The molecule has 2 aromatic rings. The molecule has 1 nitrogen and oxygen atoms in total. The lowest BCUT2D eigenvalue weighted by Gasteiger charge is -2.13. The van der Waals surface area contributed by atoms with Crippen molar-refractivity contribution in [3.05, 3.63) is 63.1 Å². The highest BCUT2D eigenvalue weighted by Gasteiger charge is 2.16. The van der Waals surface area contributed by atoms with Crippen molar-refractivity contribution in [1.29, 1.82) is 0 Å². The number of benzene rings is 2. The van der Waals surface area contributed by atoms with Gasteiger partial charge in [0.1, 0.15) is 5.75 Å². The summed E-state index contributed by atoms with van der Waals surface area (Å²) < 4.78 is 7.05. The molecule has 0 heterocycles. The molecule has 0 amide bonds. The SMILES string of the molecule is Clc1ccc(Br)cc1Cc1ccc(OC2CCCC2)cc1. The van der Waals surface area contributed by atoms with Gasteiger partial charge in [0.2, 0.25) is 0 Å². The average Bonchev–Trinajstić information content (AvgIpc) is 2.98. The minimum absolute atomic E-state index is 0.412. The van der Waals surface area contributed by atoms with Gasteiger partial charge in [-0.05, 0) is 73.6 Å². The Morgan fingerprint density at radius 2 is 1.76 bits per heavy atom. The Balaban J connectivity index is 1.67. The van der Waals surface area contributed by atoms with Crippen LogP contribution in [0.2, 0.25) is 5.02 Å². The zero-order valence-electron chi connectivity index (χ0n) is 11.8. The van der Waals surface area contributed by atoms with Crippen LogP contribution in [0.25, 0.3) is 0 Å². The Morgan fingerprint density at radius 3 is 2.48 bits per heavy atom. The van der Waals surface area contributed by atoms with E-state index in [4.69, 9.17) is 16.3 Å². The predicted molar refractivity (Wildman–Crippen MR) is 91.3 cm³/mol. The Labute approximate surface area is 139 Å². The Morgan fingerprint density at radius 1 is 1.05 bits per heavy atom. The van der Waals surface area contributed by atoms with Gasteiger partial charge < -0.3 is 4.74 Å². The van der Waals surface area contributed by atoms with Crippen LogP contribution in [-0.2, 0) is 6.42 Å². The number of ether oxygens (including phenoxy) is 1. The van der Waals surface area contributed by atoms with E-state index >= 15 is 0 Å². The fraction of sp³-hybridized carbons (Fsp3) is 0.333. The molecule has 0 saturated heterocycles. The summed E-state index contributed by atoms with van der Waals surface area (Å²) >= 11 is 9.74. The molecule has 0 N–H and O–H groups in total. The van der Waals surface area contributed by atoms with Crippen molar-refractivity contribution < 1.29 is 4.74 Å². The molecule has 0 aromatic heterocycles. The standard InChI is InChI=1S/C18H18BrClO/c19-15-7-10-18(20)14(12-15)11-13-5-8-17(9-6-13)21-16-3-1-2-4-16/h5-10,12,16H,1-4,11H2. The summed E-state index contributed by atoms with van der Waals surface area (Å²) in [5.41, 5.74) is 2.38. The first-order valence-corrected chi connectivity index (χ1v) is 8.57. The molecular weight excluding hydrogens is 348 g/mol. The predicted octanol–water partition coefficient (Wildman–Crippen LogP) is 6.01. The lowest BCUT2D eigenvalue weighted by molar-refractivity contribution is 0.210. The number of hydrogen-bond donors (Lipinski definition) is 0. The van der Waals surface area contributed by atoms with E-state index in [9.17, 15) is 0 Å². The van der Waals surface area contributed by atoms with Gasteiger partial charge in [-0.15, -0.1) is 0 Å². The summed E-state index contributed by atoms with van der Waals surface area (Å²) in [5.74, 6) is 0.978. The first-order valence-electron chi connectivity index (χ1n) is 7.40. The lowest BCUT2D eigenvalue weighted by Crippen LogP contribution is -2.10. The number of halogens is 2. The molecule has 0 spiro atoms. The minimum atomic E-state index is 0.412. The van der Waals surface area contributed by atoms with Gasteiger partial charge in [-0.2, -0.15) is 0 Å². The van der Waals surface area contributed by atoms with Gasteiger partial charge in [-0.3, -0.25) is 0 Å². The minimum Gasteiger partial charge on any atom is -0.490 e. The second-order valence-corrected chi connectivity index (χ2v) is 6.90. The zero-order chi connectivity index (χ0) is 14.7. The topological polar surface area (TPSA) is 9.23 Å². The quantitative estimate of drug-likeness (QED) is 0.644. The van der Waals surface area contributed by atoms with Gasteiger partial charge >= 0.3 is 0 Å². The largest absolute Gasteiger partial charge is 0.490 e. The third kappa shape index (κ3) is 4.02. The van der Waals surface area contributed by atoms with Crippen molar-refractivity contribution in [2.75, 3.05) is 0 Å². The molecule has 0 radical (unpaired) electrons. The van der Waals surface area contributed by atoms with Crippen molar-refractivity contribution in [2.24, 2.45) is 0 Å². The molecule has 1 fully saturated rings. The molecule has 0 atom stereocenters. The molecule has 2 aromatic carbocycles. The summed E-state index contributed by atoms with van der Waals surface area (Å²) in [6.07, 6.45) is 6.22. The molecule has 0 aliphatic heterocycles. The summed E-state index contributed by atoms with van der Waals surface area (Å²) in [7, 11) is 0. The molecule has 1 aliphatic rings. The van der Waals surface area contributed by atoms with Crippen LogP contribution in [0, 0.1) is 0 Å². The van der Waals surface area contributed by atoms with Crippen molar-refractivity contribution in [3.63, 3.8) is 0 Å². The van der Waals surface area contributed by atoms with E-state index in [1.54, 1.807) is 0 Å². The molecule has 0 unspecified atom stereocenters. The fourth-order valence-corrected chi connectivity index (χ4v) is 3.38. The smallest absolute Gasteiger partial charge is 0.119 e. The summed E-state index contributed by atoms with van der Waals surface area (Å²) in [6.45, 7) is 0. The molecule has 21 heavy (non-hydrogen) atoms. The number of hydrogen-bond acceptors (Lipinski definition) is 1. The van der Waals surface area contributed by atoms with Gasteiger partial charge in [-0.1, -0.05) is 39.7 Å². The Bertz CT molecular complexity index is 603. The zero-order valence-corrected chi connectivity index (χ0v) is 14.2. The van der Waals surface area contributed by atoms with Crippen LogP contribution in [0.1, 0.15) is 36.8 Å². The molecule has 110 valence electrons. The van der Waals surface area contributed by atoms with Crippen LogP contribution in [0.3, 0.4) is 0 Å². The van der Waals surface area contributed by atoms with Gasteiger partial charge in [0, 0.05) is 9.50 Å². The monoisotopic (exact) mass is 364 g/mol. The third-order valence-electron chi connectivity index (χ3n) is 3.93.